The predicted molar refractivity (Wildman–Crippen MR) is 54.0 cm³/mol. The highest BCUT2D eigenvalue weighted by atomic mass is 19.4. The number of halogens is 3. The summed E-state index contributed by atoms with van der Waals surface area (Å²) in [6.07, 6.45) is -3.18. The first kappa shape index (κ1) is 13.1. The summed E-state index contributed by atoms with van der Waals surface area (Å²) in [6, 6.07) is -0.379. The van der Waals surface area contributed by atoms with Gasteiger partial charge in [0.1, 0.15) is 0 Å². The molecule has 1 unspecified atom stereocenters. The number of amides is 2. The monoisotopic (exact) mass is 238 g/mol. The number of nitrogens with one attached hydrogen (secondary N) is 1. The molecule has 1 heterocycles. The molecule has 0 aliphatic carbocycles. The van der Waals surface area contributed by atoms with E-state index in [-0.39, 0.29) is 12.6 Å². The van der Waals surface area contributed by atoms with E-state index in [1.807, 2.05) is 6.92 Å². The number of hydrogen-bond donors (Lipinski definition) is 1. The molecule has 1 atom stereocenters. The molecule has 3 nitrogen and oxygen atoms in total. The second-order valence-corrected chi connectivity index (χ2v) is 4.29. The summed E-state index contributed by atoms with van der Waals surface area (Å²) < 4.78 is 35.5. The van der Waals surface area contributed by atoms with Crippen LogP contribution in [0.15, 0.2) is 0 Å². The van der Waals surface area contributed by atoms with Crippen molar-refractivity contribution >= 4 is 6.03 Å². The number of hydrogen-bond acceptors (Lipinski definition) is 1. The third-order valence-electron chi connectivity index (χ3n) is 2.63. The lowest BCUT2D eigenvalue weighted by atomic mass is 10.0. The van der Waals surface area contributed by atoms with Gasteiger partial charge in [0.15, 0.2) is 0 Å². The fourth-order valence-corrected chi connectivity index (χ4v) is 1.80. The Morgan fingerprint density at radius 3 is 2.75 bits per heavy atom. The highest BCUT2D eigenvalue weighted by Gasteiger charge is 2.27. The number of carbonyl (C=O) groups excluding carboxylic acids is 1. The molecule has 1 aliphatic heterocycles. The Morgan fingerprint density at radius 2 is 2.19 bits per heavy atom. The van der Waals surface area contributed by atoms with Crippen LogP contribution in [0.3, 0.4) is 0 Å². The Kier molecular flexibility index (Phi) is 4.44. The van der Waals surface area contributed by atoms with Crippen molar-refractivity contribution in [2.24, 2.45) is 5.92 Å². The normalized spacial score (nSPS) is 22.0. The van der Waals surface area contributed by atoms with Crippen LogP contribution in [-0.4, -0.2) is 36.7 Å². The van der Waals surface area contributed by atoms with Gasteiger partial charge in [-0.15, -0.1) is 0 Å². The van der Waals surface area contributed by atoms with Crippen LogP contribution >= 0.6 is 0 Å². The van der Waals surface area contributed by atoms with E-state index in [1.165, 1.54) is 0 Å². The quantitative estimate of drug-likeness (QED) is 0.787. The van der Waals surface area contributed by atoms with Crippen molar-refractivity contribution in [1.82, 2.24) is 10.2 Å². The summed E-state index contributed by atoms with van der Waals surface area (Å²) in [4.78, 5) is 13.1. The zero-order valence-corrected chi connectivity index (χ0v) is 9.31. The number of likely N-dealkylation sites (tertiary alicyclic amines) is 1. The average molecular weight is 238 g/mol. The van der Waals surface area contributed by atoms with Gasteiger partial charge in [-0.1, -0.05) is 6.92 Å². The molecule has 94 valence electrons. The molecular weight excluding hydrogens is 221 g/mol. The van der Waals surface area contributed by atoms with E-state index in [0.717, 1.165) is 12.8 Å². The van der Waals surface area contributed by atoms with Gasteiger partial charge in [0.05, 0.1) is 6.42 Å². The van der Waals surface area contributed by atoms with Gasteiger partial charge in [0.2, 0.25) is 0 Å². The van der Waals surface area contributed by atoms with Gasteiger partial charge in [0, 0.05) is 19.6 Å². The molecule has 6 heteroatoms. The number of alkyl halides is 3. The Hall–Kier alpha value is -0.940. The number of rotatable bonds is 2. The van der Waals surface area contributed by atoms with Crippen LogP contribution in [0.2, 0.25) is 0 Å². The lowest BCUT2D eigenvalue weighted by molar-refractivity contribution is -0.133. The van der Waals surface area contributed by atoms with Crippen molar-refractivity contribution in [3.05, 3.63) is 0 Å². The van der Waals surface area contributed by atoms with Crippen molar-refractivity contribution in [1.29, 1.82) is 0 Å². The molecule has 0 radical (unpaired) electrons. The van der Waals surface area contributed by atoms with Crippen molar-refractivity contribution in [3.8, 4) is 0 Å². The first-order valence-corrected chi connectivity index (χ1v) is 5.48. The van der Waals surface area contributed by atoms with Crippen LogP contribution in [0.5, 0.6) is 0 Å². The van der Waals surface area contributed by atoms with Crippen molar-refractivity contribution in [3.63, 3.8) is 0 Å². The molecule has 0 aromatic carbocycles. The molecule has 1 aliphatic rings. The third kappa shape index (κ3) is 4.72. The fourth-order valence-electron chi connectivity index (χ4n) is 1.80. The maximum Gasteiger partial charge on any atom is 0.390 e. The lowest BCUT2D eigenvalue weighted by Gasteiger charge is -2.31. The smallest absolute Gasteiger partial charge is 0.338 e. The molecular formula is C10H17F3N2O. The predicted octanol–water partition coefficient (Wildman–Crippen LogP) is 2.38. The summed E-state index contributed by atoms with van der Waals surface area (Å²) in [6.45, 7) is 2.97. The molecule has 1 rings (SSSR count). The summed E-state index contributed by atoms with van der Waals surface area (Å²) >= 11 is 0. The van der Waals surface area contributed by atoms with Crippen molar-refractivity contribution in [2.75, 3.05) is 19.6 Å². The van der Waals surface area contributed by atoms with Crippen LogP contribution < -0.4 is 5.32 Å². The van der Waals surface area contributed by atoms with E-state index in [1.54, 1.807) is 4.90 Å². The standard InChI is InChI=1S/C10H17F3N2O/c1-8-3-2-6-15(7-8)9(16)14-5-4-10(11,12)13/h8H,2-7H2,1H3,(H,14,16). The highest BCUT2D eigenvalue weighted by Crippen LogP contribution is 2.18. The second-order valence-electron chi connectivity index (χ2n) is 4.29. The number of urea groups is 1. The van der Waals surface area contributed by atoms with E-state index in [2.05, 4.69) is 5.32 Å². The Morgan fingerprint density at radius 1 is 1.50 bits per heavy atom. The van der Waals surface area contributed by atoms with E-state index in [0.29, 0.717) is 19.0 Å². The fraction of sp³-hybridized carbons (Fsp3) is 0.900. The molecule has 2 amide bonds. The average Bonchev–Trinajstić information content (AvgIpc) is 2.15. The summed E-state index contributed by atoms with van der Waals surface area (Å²) in [5.41, 5.74) is 0. The van der Waals surface area contributed by atoms with Crippen LogP contribution in [-0.2, 0) is 0 Å². The maximum absolute atomic E-state index is 11.8. The number of piperidine rings is 1. The van der Waals surface area contributed by atoms with Gasteiger partial charge in [-0.25, -0.2) is 4.79 Å². The molecule has 0 spiro atoms. The van der Waals surface area contributed by atoms with Gasteiger partial charge >= 0.3 is 12.2 Å². The summed E-state index contributed by atoms with van der Waals surface area (Å²) in [7, 11) is 0. The Balaban J connectivity index is 2.24. The number of carbonyl (C=O) groups is 1. The molecule has 1 saturated heterocycles. The minimum Gasteiger partial charge on any atom is -0.338 e. The molecule has 1 N–H and O–H groups in total. The van der Waals surface area contributed by atoms with Crippen LogP contribution in [0.25, 0.3) is 0 Å². The molecule has 0 saturated carbocycles. The van der Waals surface area contributed by atoms with Gasteiger partial charge in [-0.05, 0) is 18.8 Å². The molecule has 16 heavy (non-hydrogen) atoms. The molecule has 0 bridgehead atoms. The molecule has 0 aromatic heterocycles. The zero-order valence-electron chi connectivity index (χ0n) is 9.31. The van der Waals surface area contributed by atoms with Crippen molar-refractivity contribution < 1.29 is 18.0 Å². The van der Waals surface area contributed by atoms with Gasteiger partial charge in [-0.3, -0.25) is 0 Å². The largest absolute Gasteiger partial charge is 0.390 e. The van der Waals surface area contributed by atoms with Gasteiger partial charge in [-0.2, -0.15) is 13.2 Å². The minimum absolute atomic E-state index is 0.340. The molecule has 1 fully saturated rings. The van der Waals surface area contributed by atoms with Gasteiger partial charge < -0.3 is 10.2 Å². The number of nitrogens with zero attached hydrogens (tertiary/aromatic N) is 1. The van der Waals surface area contributed by atoms with E-state index >= 15 is 0 Å². The van der Waals surface area contributed by atoms with E-state index in [4.69, 9.17) is 0 Å². The van der Waals surface area contributed by atoms with Crippen LogP contribution in [0, 0.1) is 5.92 Å². The SMILES string of the molecule is CC1CCCN(C(=O)NCCC(F)(F)F)C1. The summed E-state index contributed by atoms with van der Waals surface area (Å²) in [5.74, 6) is 0.433. The topological polar surface area (TPSA) is 32.3 Å². The Bertz CT molecular complexity index is 243. The molecule has 0 aromatic rings. The van der Waals surface area contributed by atoms with Crippen LogP contribution in [0.4, 0.5) is 18.0 Å². The first-order chi connectivity index (χ1) is 7.38. The first-order valence-electron chi connectivity index (χ1n) is 5.48. The maximum atomic E-state index is 11.8. The van der Waals surface area contributed by atoms with Crippen LogP contribution in [0.1, 0.15) is 26.2 Å². The highest BCUT2D eigenvalue weighted by molar-refractivity contribution is 5.74. The summed E-state index contributed by atoms with van der Waals surface area (Å²) in [5, 5.41) is 2.30. The Labute approximate surface area is 93.0 Å². The second kappa shape index (κ2) is 5.41. The minimum atomic E-state index is -4.21. The zero-order chi connectivity index (χ0) is 12.2. The lowest BCUT2D eigenvalue weighted by Crippen LogP contribution is -2.45. The van der Waals surface area contributed by atoms with Gasteiger partial charge in [0.25, 0.3) is 0 Å². The van der Waals surface area contributed by atoms with Crippen molar-refractivity contribution in [2.45, 2.75) is 32.4 Å². The van der Waals surface area contributed by atoms with E-state index < -0.39 is 12.6 Å². The third-order valence-corrected chi connectivity index (χ3v) is 2.63. The van der Waals surface area contributed by atoms with E-state index in [9.17, 15) is 18.0 Å².